The van der Waals surface area contributed by atoms with Crippen LogP contribution in [0.5, 0.6) is 5.75 Å². The number of benzene rings is 1. The van der Waals surface area contributed by atoms with E-state index in [1.54, 1.807) is 18.2 Å². The molecule has 2 N–H and O–H groups in total. The molecule has 0 fully saturated rings. The third kappa shape index (κ3) is 3.72. The van der Waals surface area contributed by atoms with Crippen LogP contribution in [0.2, 0.25) is 5.02 Å². The predicted octanol–water partition coefficient (Wildman–Crippen LogP) is 2.90. The molecule has 1 rings (SSSR count). The first-order valence-corrected chi connectivity index (χ1v) is 5.95. The number of carbonyl (C=O) groups excluding carboxylic acids is 1. The highest BCUT2D eigenvalue weighted by atomic mass is 35.5. The van der Waals surface area contributed by atoms with E-state index < -0.39 is 0 Å². The van der Waals surface area contributed by atoms with Gasteiger partial charge >= 0.3 is 0 Å². The van der Waals surface area contributed by atoms with Gasteiger partial charge in [-0.15, -0.1) is 0 Å². The summed E-state index contributed by atoms with van der Waals surface area (Å²) >= 11 is 5.90. The van der Waals surface area contributed by atoms with E-state index in [-0.39, 0.29) is 17.7 Å². The maximum atomic E-state index is 12.0. The zero-order chi connectivity index (χ0) is 13.0. The first-order valence-electron chi connectivity index (χ1n) is 5.58. The first-order chi connectivity index (χ1) is 7.95. The van der Waals surface area contributed by atoms with Gasteiger partial charge in [0.1, 0.15) is 5.75 Å². The quantitative estimate of drug-likeness (QED) is 0.823. The number of hydrogen-bond donors (Lipinski definition) is 1. The second-order valence-electron chi connectivity index (χ2n) is 4.38. The second kappa shape index (κ2) is 6.03. The lowest BCUT2D eigenvalue weighted by Gasteiger charge is -2.14. The molecular weight excluding hydrogens is 238 g/mol. The lowest BCUT2D eigenvalue weighted by atomic mass is 9.96. The van der Waals surface area contributed by atoms with E-state index in [1.165, 1.54) is 7.11 Å². The Balaban J connectivity index is 2.82. The van der Waals surface area contributed by atoms with Crippen molar-refractivity contribution in [3.05, 3.63) is 28.8 Å². The molecule has 0 aliphatic carbocycles. The molecule has 1 unspecified atom stereocenters. The number of Topliss-reactive ketones (excluding diaryl/α,β-unsaturated/α-hetero) is 1. The lowest BCUT2D eigenvalue weighted by molar-refractivity contribution is 0.0967. The minimum absolute atomic E-state index is 0.0150. The molecule has 0 aliphatic rings. The minimum atomic E-state index is -0.121. The van der Waals surface area contributed by atoms with E-state index in [9.17, 15) is 4.79 Å². The molecular formula is C13H18ClNO2. The van der Waals surface area contributed by atoms with Gasteiger partial charge in [-0.25, -0.2) is 0 Å². The van der Waals surface area contributed by atoms with E-state index >= 15 is 0 Å². The summed E-state index contributed by atoms with van der Waals surface area (Å²) in [7, 11) is 1.52. The van der Waals surface area contributed by atoms with E-state index in [0.717, 1.165) is 0 Å². The fourth-order valence-electron chi connectivity index (χ4n) is 1.40. The van der Waals surface area contributed by atoms with Gasteiger partial charge in [0.15, 0.2) is 5.78 Å². The van der Waals surface area contributed by atoms with Crippen molar-refractivity contribution in [3.63, 3.8) is 0 Å². The summed E-state index contributed by atoms with van der Waals surface area (Å²) in [5.41, 5.74) is 6.46. The molecule has 4 heteroatoms. The molecule has 1 aromatic rings. The molecule has 0 saturated heterocycles. The SMILES string of the molecule is COc1cc(C(=O)CC(N)C(C)C)ccc1Cl. The molecule has 0 radical (unpaired) electrons. The van der Waals surface area contributed by atoms with Crippen molar-refractivity contribution in [2.75, 3.05) is 7.11 Å². The molecule has 17 heavy (non-hydrogen) atoms. The Hall–Kier alpha value is -1.06. The number of carbonyl (C=O) groups is 1. The lowest BCUT2D eigenvalue weighted by Crippen LogP contribution is -2.29. The Labute approximate surface area is 107 Å². The summed E-state index contributed by atoms with van der Waals surface area (Å²) in [4.78, 5) is 12.0. The highest BCUT2D eigenvalue weighted by Crippen LogP contribution is 2.25. The maximum Gasteiger partial charge on any atom is 0.164 e. The zero-order valence-corrected chi connectivity index (χ0v) is 11.1. The monoisotopic (exact) mass is 255 g/mol. The van der Waals surface area contributed by atoms with Crippen LogP contribution in [-0.4, -0.2) is 18.9 Å². The number of methoxy groups -OCH3 is 1. The molecule has 0 aliphatic heterocycles. The second-order valence-corrected chi connectivity index (χ2v) is 4.79. The normalized spacial score (nSPS) is 12.6. The molecule has 3 nitrogen and oxygen atoms in total. The average Bonchev–Trinajstić information content (AvgIpc) is 2.29. The highest BCUT2D eigenvalue weighted by molar-refractivity contribution is 6.32. The van der Waals surface area contributed by atoms with Gasteiger partial charge in [-0.3, -0.25) is 4.79 Å². The van der Waals surface area contributed by atoms with Gasteiger partial charge < -0.3 is 10.5 Å². The zero-order valence-electron chi connectivity index (χ0n) is 10.4. The van der Waals surface area contributed by atoms with Crippen molar-refractivity contribution in [3.8, 4) is 5.75 Å². The Bertz CT molecular complexity index is 404. The summed E-state index contributed by atoms with van der Waals surface area (Å²) in [6, 6.07) is 4.89. The van der Waals surface area contributed by atoms with Crippen LogP contribution in [-0.2, 0) is 0 Å². The van der Waals surface area contributed by atoms with Crippen molar-refractivity contribution in [2.45, 2.75) is 26.3 Å². The van der Waals surface area contributed by atoms with Gasteiger partial charge in [-0.05, 0) is 24.1 Å². The summed E-state index contributed by atoms with van der Waals surface area (Å²) in [6.07, 6.45) is 0.336. The fourth-order valence-corrected chi connectivity index (χ4v) is 1.60. The van der Waals surface area contributed by atoms with Crippen LogP contribution in [0, 0.1) is 5.92 Å². The number of rotatable bonds is 5. The van der Waals surface area contributed by atoms with E-state index in [4.69, 9.17) is 22.1 Å². The number of ketones is 1. The van der Waals surface area contributed by atoms with Crippen LogP contribution in [0.4, 0.5) is 0 Å². The van der Waals surface area contributed by atoms with Crippen LogP contribution in [0.15, 0.2) is 18.2 Å². The Morgan fingerprint density at radius 3 is 2.65 bits per heavy atom. The van der Waals surface area contributed by atoms with Crippen LogP contribution in [0.25, 0.3) is 0 Å². The molecule has 1 aromatic carbocycles. The molecule has 1 atom stereocenters. The molecule has 0 aromatic heterocycles. The topological polar surface area (TPSA) is 52.3 Å². The third-order valence-corrected chi connectivity index (χ3v) is 3.06. The van der Waals surface area contributed by atoms with Gasteiger partial charge in [0.25, 0.3) is 0 Å². The number of ether oxygens (including phenoxy) is 1. The van der Waals surface area contributed by atoms with E-state index in [2.05, 4.69) is 0 Å². The molecule has 0 spiro atoms. The van der Waals surface area contributed by atoms with Gasteiger partial charge in [0.05, 0.1) is 12.1 Å². The van der Waals surface area contributed by atoms with Crippen molar-refractivity contribution in [1.29, 1.82) is 0 Å². The molecule has 94 valence electrons. The molecule has 0 saturated carbocycles. The number of nitrogens with two attached hydrogens (primary N) is 1. The largest absolute Gasteiger partial charge is 0.495 e. The van der Waals surface area contributed by atoms with Gasteiger partial charge in [0, 0.05) is 18.0 Å². The van der Waals surface area contributed by atoms with Gasteiger partial charge in [-0.2, -0.15) is 0 Å². The average molecular weight is 256 g/mol. The summed E-state index contributed by atoms with van der Waals surface area (Å²) in [5.74, 6) is 0.810. The highest BCUT2D eigenvalue weighted by Gasteiger charge is 2.15. The summed E-state index contributed by atoms with van der Waals surface area (Å²) in [5, 5.41) is 0.497. The van der Waals surface area contributed by atoms with Crippen molar-refractivity contribution in [1.82, 2.24) is 0 Å². The van der Waals surface area contributed by atoms with Gasteiger partial charge in [-0.1, -0.05) is 25.4 Å². The Kier molecular flexibility index (Phi) is 4.97. The Morgan fingerprint density at radius 2 is 2.12 bits per heavy atom. The fraction of sp³-hybridized carbons (Fsp3) is 0.462. The molecule has 0 amide bonds. The molecule has 0 bridgehead atoms. The number of halogens is 1. The predicted molar refractivity (Wildman–Crippen MR) is 69.8 cm³/mol. The van der Waals surface area contributed by atoms with Crippen molar-refractivity contribution < 1.29 is 9.53 Å². The Morgan fingerprint density at radius 1 is 1.47 bits per heavy atom. The minimum Gasteiger partial charge on any atom is -0.495 e. The maximum absolute atomic E-state index is 12.0. The summed E-state index contributed by atoms with van der Waals surface area (Å²) < 4.78 is 5.07. The third-order valence-electron chi connectivity index (χ3n) is 2.75. The van der Waals surface area contributed by atoms with E-state index in [0.29, 0.717) is 22.8 Å². The van der Waals surface area contributed by atoms with Crippen LogP contribution in [0.3, 0.4) is 0 Å². The smallest absolute Gasteiger partial charge is 0.164 e. The first kappa shape index (κ1) is 14.0. The summed E-state index contributed by atoms with van der Waals surface area (Å²) in [6.45, 7) is 4.00. The number of hydrogen-bond acceptors (Lipinski definition) is 3. The van der Waals surface area contributed by atoms with Crippen LogP contribution >= 0.6 is 11.6 Å². The standard InChI is InChI=1S/C13H18ClNO2/c1-8(2)11(15)7-12(16)9-4-5-10(14)13(6-9)17-3/h4-6,8,11H,7,15H2,1-3H3. The van der Waals surface area contributed by atoms with E-state index in [1.807, 2.05) is 13.8 Å². The van der Waals surface area contributed by atoms with Crippen LogP contribution < -0.4 is 10.5 Å². The van der Waals surface area contributed by atoms with Crippen molar-refractivity contribution in [2.24, 2.45) is 11.7 Å². The van der Waals surface area contributed by atoms with Gasteiger partial charge in [0.2, 0.25) is 0 Å². The van der Waals surface area contributed by atoms with Crippen molar-refractivity contribution >= 4 is 17.4 Å². The molecule has 0 heterocycles. The van der Waals surface area contributed by atoms with Crippen LogP contribution in [0.1, 0.15) is 30.6 Å².